The number of aromatic nitrogens is 2. The van der Waals surface area contributed by atoms with Crippen LogP contribution in [-0.2, 0) is 4.79 Å². The van der Waals surface area contributed by atoms with E-state index in [1.165, 1.54) is 24.3 Å². The third-order valence-electron chi connectivity index (χ3n) is 3.38. The highest BCUT2D eigenvalue weighted by molar-refractivity contribution is 5.78. The van der Waals surface area contributed by atoms with Crippen molar-refractivity contribution < 1.29 is 13.9 Å². The molecule has 0 radical (unpaired) electrons. The molecule has 0 spiro atoms. The molecule has 5 nitrogen and oxygen atoms in total. The number of imidazole rings is 1. The van der Waals surface area contributed by atoms with Gasteiger partial charge in [0.25, 0.3) is 5.91 Å². The summed E-state index contributed by atoms with van der Waals surface area (Å²) < 4.78 is 18.1. The second-order valence-electron chi connectivity index (χ2n) is 5.17. The molecular weight excluding hydrogens is 297 g/mol. The van der Waals surface area contributed by atoms with E-state index in [0.717, 1.165) is 11.0 Å². The molecule has 2 N–H and O–H groups in total. The van der Waals surface area contributed by atoms with Crippen LogP contribution in [0.25, 0.3) is 11.0 Å². The Morgan fingerprint density at radius 2 is 2.00 bits per heavy atom. The second kappa shape index (κ2) is 6.48. The van der Waals surface area contributed by atoms with Crippen molar-refractivity contribution in [3.8, 4) is 5.75 Å². The van der Waals surface area contributed by atoms with Crippen molar-refractivity contribution in [3.05, 3.63) is 60.2 Å². The number of hydrogen-bond acceptors (Lipinski definition) is 3. The number of amides is 1. The monoisotopic (exact) mass is 313 g/mol. The zero-order valence-corrected chi connectivity index (χ0v) is 12.5. The molecule has 0 aliphatic heterocycles. The number of aromatic amines is 1. The number of rotatable bonds is 5. The third kappa shape index (κ3) is 3.66. The van der Waals surface area contributed by atoms with Crippen LogP contribution in [-0.4, -0.2) is 22.5 Å². The van der Waals surface area contributed by atoms with Crippen molar-refractivity contribution in [1.29, 1.82) is 0 Å². The molecule has 1 amide bonds. The quantitative estimate of drug-likeness (QED) is 0.761. The molecule has 118 valence electrons. The number of H-pyrrole nitrogens is 1. The summed E-state index contributed by atoms with van der Waals surface area (Å²) in [4.78, 5) is 19.5. The molecule has 0 unspecified atom stereocenters. The van der Waals surface area contributed by atoms with Crippen LogP contribution in [0.1, 0.15) is 18.8 Å². The average molecular weight is 313 g/mol. The zero-order chi connectivity index (χ0) is 16.2. The lowest BCUT2D eigenvalue weighted by molar-refractivity contribution is -0.123. The summed E-state index contributed by atoms with van der Waals surface area (Å²) in [7, 11) is 0. The lowest BCUT2D eigenvalue weighted by Crippen LogP contribution is -2.31. The van der Waals surface area contributed by atoms with Crippen LogP contribution < -0.4 is 10.1 Å². The Bertz CT molecular complexity index is 781. The van der Waals surface area contributed by atoms with Gasteiger partial charge >= 0.3 is 0 Å². The lowest BCUT2D eigenvalue weighted by atomic mass is 10.3. The molecule has 1 heterocycles. The standard InChI is InChI=1S/C17H16FN3O2/c1-11(17-20-14-4-2-3-5-15(14)21-17)19-16(22)10-23-13-8-6-12(18)7-9-13/h2-9,11H,10H2,1H3,(H,19,22)(H,20,21)/t11-/m0/s1. The van der Waals surface area contributed by atoms with Crippen molar-refractivity contribution in [1.82, 2.24) is 15.3 Å². The molecule has 0 aliphatic rings. The predicted octanol–water partition coefficient (Wildman–Crippen LogP) is 2.96. The number of hydrogen-bond donors (Lipinski definition) is 2. The highest BCUT2D eigenvalue weighted by atomic mass is 19.1. The van der Waals surface area contributed by atoms with Crippen LogP contribution in [0.2, 0.25) is 0 Å². The van der Waals surface area contributed by atoms with Gasteiger partial charge in [-0.05, 0) is 43.3 Å². The second-order valence-corrected chi connectivity index (χ2v) is 5.17. The number of halogens is 1. The largest absolute Gasteiger partial charge is 0.484 e. The van der Waals surface area contributed by atoms with Crippen LogP contribution in [0.4, 0.5) is 4.39 Å². The maximum Gasteiger partial charge on any atom is 0.258 e. The maximum absolute atomic E-state index is 12.8. The first-order chi connectivity index (χ1) is 11.1. The maximum atomic E-state index is 12.8. The lowest BCUT2D eigenvalue weighted by Gasteiger charge is -2.12. The van der Waals surface area contributed by atoms with Gasteiger partial charge < -0.3 is 15.0 Å². The minimum absolute atomic E-state index is 0.143. The summed E-state index contributed by atoms with van der Waals surface area (Å²) in [6, 6.07) is 12.9. The number of carbonyl (C=O) groups is 1. The summed E-state index contributed by atoms with van der Waals surface area (Å²) in [6.45, 7) is 1.70. The fraction of sp³-hybridized carbons (Fsp3) is 0.176. The molecule has 0 saturated carbocycles. The molecular formula is C17H16FN3O2. The molecule has 6 heteroatoms. The Labute approximate surface area is 132 Å². The van der Waals surface area contributed by atoms with Gasteiger partial charge in [0.2, 0.25) is 0 Å². The van der Waals surface area contributed by atoms with Gasteiger partial charge in [-0.3, -0.25) is 4.79 Å². The normalized spacial score (nSPS) is 12.1. The predicted molar refractivity (Wildman–Crippen MR) is 84.5 cm³/mol. The van der Waals surface area contributed by atoms with Gasteiger partial charge in [-0.15, -0.1) is 0 Å². The van der Waals surface area contributed by atoms with E-state index in [-0.39, 0.29) is 24.4 Å². The van der Waals surface area contributed by atoms with E-state index in [2.05, 4.69) is 15.3 Å². The van der Waals surface area contributed by atoms with E-state index in [1.54, 1.807) is 0 Å². The summed E-state index contributed by atoms with van der Waals surface area (Å²) >= 11 is 0. The fourth-order valence-electron chi connectivity index (χ4n) is 2.21. The average Bonchev–Trinajstić information content (AvgIpc) is 2.98. The molecule has 0 saturated heterocycles. The van der Waals surface area contributed by atoms with Crippen molar-refractivity contribution in [2.75, 3.05) is 6.61 Å². The van der Waals surface area contributed by atoms with E-state index in [1.807, 2.05) is 31.2 Å². The highest BCUT2D eigenvalue weighted by Crippen LogP contribution is 2.15. The molecule has 3 aromatic rings. The van der Waals surface area contributed by atoms with Crippen molar-refractivity contribution in [2.24, 2.45) is 0 Å². The Hall–Kier alpha value is -2.89. The van der Waals surface area contributed by atoms with E-state index >= 15 is 0 Å². The van der Waals surface area contributed by atoms with Crippen LogP contribution in [0.3, 0.4) is 0 Å². The Kier molecular flexibility index (Phi) is 4.23. The summed E-state index contributed by atoms with van der Waals surface area (Å²) in [5, 5.41) is 2.81. The van der Waals surface area contributed by atoms with Gasteiger partial charge in [0.1, 0.15) is 17.4 Å². The molecule has 23 heavy (non-hydrogen) atoms. The van der Waals surface area contributed by atoms with Gasteiger partial charge in [-0.2, -0.15) is 0 Å². The first kappa shape index (κ1) is 15.0. The topological polar surface area (TPSA) is 67.0 Å². The van der Waals surface area contributed by atoms with Crippen molar-refractivity contribution >= 4 is 16.9 Å². The number of fused-ring (bicyclic) bond motifs is 1. The van der Waals surface area contributed by atoms with E-state index in [4.69, 9.17) is 4.74 Å². The number of nitrogens with one attached hydrogen (secondary N) is 2. The molecule has 0 fully saturated rings. The first-order valence-electron chi connectivity index (χ1n) is 7.24. The molecule has 0 aliphatic carbocycles. The number of ether oxygens (including phenoxy) is 1. The van der Waals surface area contributed by atoms with E-state index < -0.39 is 0 Å². The van der Waals surface area contributed by atoms with Gasteiger partial charge in [-0.1, -0.05) is 12.1 Å². The Morgan fingerprint density at radius 1 is 1.26 bits per heavy atom. The third-order valence-corrected chi connectivity index (χ3v) is 3.38. The van der Waals surface area contributed by atoms with Crippen LogP contribution in [0.15, 0.2) is 48.5 Å². The van der Waals surface area contributed by atoms with E-state index in [0.29, 0.717) is 11.6 Å². The van der Waals surface area contributed by atoms with E-state index in [9.17, 15) is 9.18 Å². The molecule has 2 aromatic carbocycles. The molecule has 0 bridgehead atoms. The highest BCUT2D eigenvalue weighted by Gasteiger charge is 2.13. The van der Waals surface area contributed by atoms with Crippen LogP contribution >= 0.6 is 0 Å². The van der Waals surface area contributed by atoms with Gasteiger partial charge in [0.05, 0.1) is 17.1 Å². The van der Waals surface area contributed by atoms with Gasteiger partial charge in [0, 0.05) is 0 Å². The van der Waals surface area contributed by atoms with Crippen molar-refractivity contribution in [3.63, 3.8) is 0 Å². The van der Waals surface area contributed by atoms with Gasteiger partial charge in [0.15, 0.2) is 6.61 Å². The Morgan fingerprint density at radius 3 is 2.74 bits per heavy atom. The van der Waals surface area contributed by atoms with Crippen LogP contribution in [0.5, 0.6) is 5.75 Å². The summed E-state index contributed by atoms with van der Waals surface area (Å²) in [5.74, 6) is 0.502. The minimum atomic E-state index is -0.347. The fourth-order valence-corrected chi connectivity index (χ4v) is 2.21. The smallest absolute Gasteiger partial charge is 0.258 e. The number of para-hydroxylation sites is 2. The minimum Gasteiger partial charge on any atom is -0.484 e. The zero-order valence-electron chi connectivity index (χ0n) is 12.5. The first-order valence-corrected chi connectivity index (χ1v) is 7.24. The SMILES string of the molecule is C[C@H](NC(=O)COc1ccc(F)cc1)c1nc2ccccc2[nH]1. The Balaban J connectivity index is 1.57. The summed E-state index contributed by atoms with van der Waals surface area (Å²) in [6.07, 6.45) is 0. The number of benzene rings is 2. The number of nitrogens with zero attached hydrogens (tertiary/aromatic N) is 1. The molecule has 3 rings (SSSR count). The van der Waals surface area contributed by atoms with Crippen LogP contribution in [0, 0.1) is 5.82 Å². The number of carbonyl (C=O) groups excluding carboxylic acids is 1. The molecule has 1 aromatic heterocycles. The van der Waals surface area contributed by atoms with Gasteiger partial charge in [-0.25, -0.2) is 9.37 Å². The summed E-state index contributed by atoms with van der Waals surface area (Å²) in [5.41, 5.74) is 1.78. The molecule has 1 atom stereocenters. The van der Waals surface area contributed by atoms with Crippen molar-refractivity contribution in [2.45, 2.75) is 13.0 Å².